The first-order valence-electron chi connectivity index (χ1n) is 5.86. The van der Waals surface area contributed by atoms with E-state index >= 15 is 0 Å². The van der Waals surface area contributed by atoms with Crippen LogP contribution >= 0.6 is 34.5 Å². The van der Waals surface area contributed by atoms with Crippen LogP contribution in [-0.4, -0.2) is 15.9 Å². The van der Waals surface area contributed by atoms with Crippen molar-refractivity contribution in [3.63, 3.8) is 0 Å². The molecule has 0 saturated heterocycles. The van der Waals surface area contributed by atoms with Gasteiger partial charge in [-0.05, 0) is 41.2 Å². The summed E-state index contributed by atoms with van der Waals surface area (Å²) >= 11 is 13.1. The lowest BCUT2D eigenvalue weighted by Gasteiger charge is -2.09. The molecule has 0 saturated carbocycles. The Balaban J connectivity index is 1.88. The molecule has 0 aliphatic carbocycles. The summed E-state index contributed by atoms with van der Waals surface area (Å²) < 4.78 is 0. The lowest BCUT2D eigenvalue weighted by atomic mass is 10.2. The predicted octanol–water partition coefficient (Wildman–Crippen LogP) is 3.76. The number of fused-ring (bicyclic) bond motifs is 1. The molecule has 0 unspecified atom stereocenters. The van der Waals surface area contributed by atoms with Crippen molar-refractivity contribution in [2.24, 2.45) is 0 Å². The molecule has 2 aromatic heterocycles. The highest BCUT2D eigenvalue weighted by Crippen LogP contribution is 2.24. The minimum atomic E-state index is -0.248. The average molecular weight is 339 g/mol. The van der Waals surface area contributed by atoms with Gasteiger partial charge in [-0.2, -0.15) is 4.98 Å². The molecule has 21 heavy (non-hydrogen) atoms. The second kappa shape index (κ2) is 5.85. The number of hydrogen-bond donors (Lipinski definition) is 2. The molecule has 1 aromatic carbocycles. The Kier molecular flexibility index (Phi) is 3.92. The van der Waals surface area contributed by atoms with Crippen LogP contribution in [0.3, 0.4) is 0 Å². The van der Waals surface area contributed by atoms with Crippen LogP contribution in [0.15, 0.2) is 35.7 Å². The minimum absolute atomic E-state index is 0.0673. The van der Waals surface area contributed by atoms with E-state index in [2.05, 4.69) is 20.8 Å². The van der Waals surface area contributed by atoms with Gasteiger partial charge in [0.25, 0.3) is 5.91 Å². The lowest BCUT2D eigenvalue weighted by molar-refractivity contribution is 0.0966. The molecule has 3 rings (SSSR count). The molecule has 0 aliphatic heterocycles. The third kappa shape index (κ3) is 3.07. The Morgan fingerprint density at radius 3 is 2.81 bits per heavy atom. The topological polar surface area (TPSA) is 66.9 Å². The summed E-state index contributed by atoms with van der Waals surface area (Å²) in [4.78, 5) is 20.7. The first-order chi connectivity index (χ1) is 10.1. The zero-order chi connectivity index (χ0) is 14.8. The van der Waals surface area contributed by atoms with Crippen molar-refractivity contribution < 1.29 is 4.79 Å². The minimum Gasteiger partial charge on any atom is -0.281 e. The first kappa shape index (κ1) is 14.1. The molecule has 2 heterocycles. The maximum Gasteiger partial charge on any atom is 0.279 e. The van der Waals surface area contributed by atoms with Crippen LogP contribution in [0.1, 0.15) is 9.67 Å². The number of carbonyl (C=O) groups is 1. The Hall–Kier alpha value is -1.89. The molecule has 0 spiro atoms. The molecule has 8 heteroatoms. The fraction of sp³-hybridized carbons (Fsp3) is 0. The molecule has 0 bridgehead atoms. The number of nitrogens with one attached hydrogen (secondary N) is 2. The van der Waals surface area contributed by atoms with Gasteiger partial charge < -0.3 is 0 Å². The van der Waals surface area contributed by atoms with Crippen molar-refractivity contribution >= 4 is 57.2 Å². The Morgan fingerprint density at radius 1 is 1.19 bits per heavy atom. The first-order valence-corrected chi connectivity index (χ1v) is 7.50. The summed E-state index contributed by atoms with van der Waals surface area (Å²) in [7, 11) is 0. The number of thiophene rings is 1. The monoisotopic (exact) mass is 338 g/mol. The van der Waals surface area contributed by atoms with E-state index in [-0.39, 0.29) is 11.2 Å². The molecule has 106 valence electrons. The van der Waals surface area contributed by atoms with Crippen molar-refractivity contribution in [3.8, 4) is 0 Å². The largest absolute Gasteiger partial charge is 0.281 e. The maximum atomic E-state index is 11.9. The molecular weight excluding hydrogens is 331 g/mol. The van der Waals surface area contributed by atoms with Crippen molar-refractivity contribution in [2.75, 3.05) is 5.43 Å². The molecule has 0 atom stereocenters. The van der Waals surface area contributed by atoms with Crippen molar-refractivity contribution in [2.45, 2.75) is 0 Å². The van der Waals surface area contributed by atoms with E-state index in [9.17, 15) is 4.79 Å². The van der Waals surface area contributed by atoms with Gasteiger partial charge in [0.2, 0.25) is 5.28 Å². The molecular formula is C13H8Cl2N4OS. The average Bonchev–Trinajstić information content (AvgIpc) is 2.97. The van der Waals surface area contributed by atoms with Crippen LogP contribution in [0.5, 0.6) is 0 Å². The second-order valence-electron chi connectivity index (χ2n) is 4.06. The summed E-state index contributed by atoms with van der Waals surface area (Å²) in [6.07, 6.45) is 0. The zero-order valence-electron chi connectivity index (χ0n) is 10.4. The number of halogens is 2. The van der Waals surface area contributed by atoms with Gasteiger partial charge in [0.1, 0.15) is 0 Å². The van der Waals surface area contributed by atoms with Gasteiger partial charge in [0, 0.05) is 10.4 Å². The van der Waals surface area contributed by atoms with E-state index in [1.807, 2.05) is 5.38 Å². The van der Waals surface area contributed by atoms with Crippen LogP contribution in [-0.2, 0) is 0 Å². The molecule has 0 fully saturated rings. The Bertz CT molecular complexity index is 802. The number of hydrogen-bond acceptors (Lipinski definition) is 5. The third-order valence-electron chi connectivity index (χ3n) is 2.67. The maximum absolute atomic E-state index is 11.9. The second-order valence-corrected chi connectivity index (χ2v) is 5.78. The van der Waals surface area contributed by atoms with E-state index in [0.717, 1.165) is 0 Å². The Labute approximate surface area is 133 Å². The number of carbonyl (C=O) groups excluding carboxylic acids is 1. The van der Waals surface area contributed by atoms with Crippen molar-refractivity contribution in [1.82, 2.24) is 15.4 Å². The summed E-state index contributed by atoms with van der Waals surface area (Å²) in [5.74, 6) is 0.161. The number of rotatable bonds is 3. The van der Waals surface area contributed by atoms with Gasteiger partial charge in [0.15, 0.2) is 5.82 Å². The van der Waals surface area contributed by atoms with Gasteiger partial charge in [-0.15, -0.1) is 11.3 Å². The van der Waals surface area contributed by atoms with E-state index < -0.39 is 0 Å². The highest BCUT2D eigenvalue weighted by Gasteiger charge is 2.10. The molecule has 0 aliphatic rings. The van der Waals surface area contributed by atoms with Crippen molar-refractivity contribution in [1.29, 1.82) is 0 Å². The van der Waals surface area contributed by atoms with Gasteiger partial charge in [-0.25, -0.2) is 4.98 Å². The number of amides is 1. The van der Waals surface area contributed by atoms with Gasteiger partial charge in [-0.1, -0.05) is 17.7 Å². The van der Waals surface area contributed by atoms with E-state index in [1.165, 1.54) is 11.3 Å². The standard InChI is InChI=1S/C13H8Cl2N4OS/c14-7-3-4-8-9(6-7)16-13(15)17-11(8)18-19-12(20)10-2-1-5-21-10/h1-6H,(H,19,20)(H,16,17,18). The van der Waals surface area contributed by atoms with Crippen LogP contribution in [0, 0.1) is 0 Å². The molecule has 5 nitrogen and oxygen atoms in total. The highest BCUT2D eigenvalue weighted by molar-refractivity contribution is 7.12. The number of anilines is 1. The summed E-state index contributed by atoms with van der Waals surface area (Å²) in [5, 5.41) is 3.15. The zero-order valence-corrected chi connectivity index (χ0v) is 12.8. The molecule has 1 amide bonds. The number of hydrazine groups is 1. The Morgan fingerprint density at radius 2 is 2.05 bits per heavy atom. The third-order valence-corrected chi connectivity index (χ3v) is 3.94. The van der Waals surface area contributed by atoms with Gasteiger partial charge in [-0.3, -0.25) is 15.6 Å². The van der Waals surface area contributed by atoms with Crippen LogP contribution in [0.2, 0.25) is 10.3 Å². The predicted molar refractivity (Wildman–Crippen MR) is 85.0 cm³/mol. The summed E-state index contributed by atoms with van der Waals surface area (Å²) in [6.45, 7) is 0. The van der Waals surface area contributed by atoms with E-state index in [0.29, 0.717) is 26.6 Å². The molecule has 3 aromatic rings. The summed E-state index contributed by atoms with van der Waals surface area (Å²) in [6, 6.07) is 8.68. The molecule has 2 N–H and O–H groups in total. The van der Waals surface area contributed by atoms with Crippen LogP contribution < -0.4 is 10.9 Å². The van der Waals surface area contributed by atoms with E-state index in [1.54, 1.807) is 30.3 Å². The van der Waals surface area contributed by atoms with Gasteiger partial charge >= 0.3 is 0 Å². The number of nitrogens with zero attached hydrogens (tertiary/aromatic N) is 2. The van der Waals surface area contributed by atoms with Crippen LogP contribution in [0.25, 0.3) is 10.9 Å². The quantitative estimate of drug-likeness (QED) is 0.563. The molecule has 0 radical (unpaired) electrons. The highest BCUT2D eigenvalue weighted by atomic mass is 35.5. The van der Waals surface area contributed by atoms with E-state index in [4.69, 9.17) is 23.2 Å². The number of aromatic nitrogens is 2. The number of benzene rings is 1. The fourth-order valence-corrected chi connectivity index (χ4v) is 2.72. The normalized spacial score (nSPS) is 10.6. The summed E-state index contributed by atoms with van der Waals surface area (Å²) in [5.41, 5.74) is 5.93. The van der Waals surface area contributed by atoms with Crippen LogP contribution in [0.4, 0.5) is 5.82 Å². The lowest BCUT2D eigenvalue weighted by Crippen LogP contribution is -2.29. The smallest absolute Gasteiger partial charge is 0.279 e. The SMILES string of the molecule is O=C(NNc1nc(Cl)nc2cc(Cl)ccc12)c1cccs1. The van der Waals surface area contributed by atoms with Gasteiger partial charge in [0.05, 0.1) is 10.4 Å². The van der Waals surface area contributed by atoms with Crippen molar-refractivity contribution in [3.05, 3.63) is 50.9 Å². The fourth-order valence-electron chi connectivity index (χ4n) is 1.76.